The molecule has 1 aliphatic rings. The van der Waals surface area contributed by atoms with E-state index < -0.39 is 0 Å². The summed E-state index contributed by atoms with van der Waals surface area (Å²) >= 11 is 0. The normalized spacial score (nSPS) is 16.5. The topological polar surface area (TPSA) is 58.0 Å². The molecule has 6 heteroatoms. The number of ether oxygens (including phenoxy) is 1. The predicted molar refractivity (Wildman–Crippen MR) is 96.9 cm³/mol. The van der Waals surface area contributed by atoms with Crippen LogP contribution in [-0.2, 0) is 4.79 Å². The summed E-state index contributed by atoms with van der Waals surface area (Å²) in [5.74, 6) is 1.75. The van der Waals surface area contributed by atoms with Gasteiger partial charge in [-0.15, -0.1) is 0 Å². The summed E-state index contributed by atoms with van der Waals surface area (Å²) in [7, 11) is 1.68. The van der Waals surface area contributed by atoms with Crippen molar-refractivity contribution in [1.29, 1.82) is 0 Å². The summed E-state index contributed by atoms with van der Waals surface area (Å²) in [5, 5.41) is 2.92. The Morgan fingerprint density at radius 1 is 1.20 bits per heavy atom. The molecule has 25 heavy (non-hydrogen) atoms. The standard InChI is InChI=1S/C19H25N3O3/c1-15(23)20-14-18(19-4-3-13-25-19)22-11-9-21(10-12-22)16-5-7-17(24-2)8-6-16/h3-8,13,18H,9-12,14H2,1-2H3,(H,20,23)/t18-/m1/s1. The molecule has 6 nitrogen and oxygen atoms in total. The molecule has 0 spiro atoms. The van der Waals surface area contributed by atoms with Crippen molar-refractivity contribution >= 4 is 11.6 Å². The molecule has 1 saturated heterocycles. The van der Waals surface area contributed by atoms with Gasteiger partial charge >= 0.3 is 0 Å². The second kappa shape index (κ2) is 8.07. The van der Waals surface area contributed by atoms with Crippen LogP contribution >= 0.6 is 0 Å². The molecule has 1 aliphatic heterocycles. The molecule has 0 aliphatic carbocycles. The number of methoxy groups -OCH3 is 1. The zero-order valence-corrected chi connectivity index (χ0v) is 14.8. The summed E-state index contributed by atoms with van der Waals surface area (Å²) in [6.07, 6.45) is 1.68. The van der Waals surface area contributed by atoms with E-state index in [0.29, 0.717) is 6.54 Å². The predicted octanol–water partition coefficient (Wildman–Crippen LogP) is 2.29. The molecular formula is C19H25N3O3. The Labute approximate surface area is 148 Å². The first-order valence-electron chi connectivity index (χ1n) is 8.58. The van der Waals surface area contributed by atoms with E-state index in [0.717, 1.165) is 37.7 Å². The number of amides is 1. The Morgan fingerprint density at radius 3 is 2.48 bits per heavy atom. The fourth-order valence-corrected chi connectivity index (χ4v) is 3.22. The first kappa shape index (κ1) is 17.4. The molecule has 134 valence electrons. The third kappa shape index (κ3) is 4.33. The van der Waals surface area contributed by atoms with Crippen molar-refractivity contribution in [1.82, 2.24) is 10.2 Å². The number of piperazine rings is 1. The number of hydrogen-bond donors (Lipinski definition) is 1. The number of carbonyl (C=O) groups is 1. The van der Waals surface area contributed by atoms with Gasteiger partial charge in [0.1, 0.15) is 11.5 Å². The van der Waals surface area contributed by atoms with E-state index in [4.69, 9.17) is 9.15 Å². The Morgan fingerprint density at radius 2 is 1.92 bits per heavy atom. The molecule has 0 bridgehead atoms. The van der Waals surface area contributed by atoms with Gasteiger partial charge in [0.25, 0.3) is 0 Å². The molecule has 1 fully saturated rings. The number of anilines is 1. The number of hydrogen-bond acceptors (Lipinski definition) is 5. The molecule has 1 N–H and O–H groups in total. The molecule has 0 radical (unpaired) electrons. The van der Waals surface area contributed by atoms with Crippen LogP contribution in [-0.4, -0.2) is 50.6 Å². The molecule has 1 aromatic carbocycles. The van der Waals surface area contributed by atoms with Crippen molar-refractivity contribution in [2.24, 2.45) is 0 Å². The third-order valence-corrected chi connectivity index (χ3v) is 4.61. The van der Waals surface area contributed by atoms with E-state index in [1.54, 1.807) is 20.3 Å². The Balaban J connectivity index is 1.63. The lowest BCUT2D eigenvalue weighted by atomic mass is 10.1. The summed E-state index contributed by atoms with van der Waals surface area (Å²) < 4.78 is 10.8. The first-order valence-corrected chi connectivity index (χ1v) is 8.58. The molecule has 2 heterocycles. The molecule has 1 atom stereocenters. The van der Waals surface area contributed by atoms with E-state index in [1.165, 1.54) is 5.69 Å². The van der Waals surface area contributed by atoms with Crippen molar-refractivity contribution in [3.63, 3.8) is 0 Å². The second-order valence-electron chi connectivity index (χ2n) is 6.19. The number of carbonyl (C=O) groups excluding carboxylic acids is 1. The van der Waals surface area contributed by atoms with Gasteiger partial charge < -0.3 is 19.4 Å². The van der Waals surface area contributed by atoms with Gasteiger partial charge in [-0.3, -0.25) is 9.69 Å². The van der Waals surface area contributed by atoms with Crippen LogP contribution in [0.1, 0.15) is 18.7 Å². The van der Waals surface area contributed by atoms with Crippen LogP contribution in [0.2, 0.25) is 0 Å². The zero-order chi connectivity index (χ0) is 17.6. The summed E-state index contributed by atoms with van der Waals surface area (Å²) in [6.45, 7) is 5.80. The highest BCUT2D eigenvalue weighted by atomic mass is 16.5. The maximum absolute atomic E-state index is 11.3. The van der Waals surface area contributed by atoms with Gasteiger partial charge in [-0.2, -0.15) is 0 Å². The molecule has 0 saturated carbocycles. The highest BCUT2D eigenvalue weighted by Gasteiger charge is 2.27. The van der Waals surface area contributed by atoms with Gasteiger partial charge in [-0.1, -0.05) is 0 Å². The summed E-state index contributed by atoms with van der Waals surface area (Å²) in [5.41, 5.74) is 1.21. The SMILES string of the molecule is COc1ccc(N2CCN([C@H](CNC(C)=O)c3ccco3)CC2)cc1. The first-order chi connectivity index (χ1) is 12.2. The fraction of sp³-hybridized carbons (Fsp3) is 0.421. The average molecular weight is 343 g/mol. The van der Waals surface area contributed by atoms with Crippen LogP contribution < -0.4 is 15.0 Å². The number of nitrogens with zero attached hydrogens (tertiary/aromatic N) is 2. The van der Waals surface area contributed by atoms with Crippen LogP contribution in [0.3, 0.4) is 0 Å². The minimum atomic E-state index is -0.0200. The van der Waals surface area contributed by atoms with Crippen molar-refractivity contribution in [3.05, 3.63) is 48.4 Å². The van der Waals surface area contributed by atoms with E-state index >= 15 is 0 Å². The van der Waals surface area contributed by atoms with Crippen LogP contribution in [0.25, 0.3) is 0 Å². The van der Waals surface area contributed by atoms with Gasteiger partial charge in [0.05, 0.1) is 19.4 Å². The lowest BCUT2D eigenvalue weighted by Gasteiger charge is -2.39. The lowest BCUT2D eigenvalue weighted by molar-refractivity contribution is -0.119. The maximum Gasteiger partial charge on any atom is 0.216 e. The largest absolute Gasteiger partial charge is 0.497 e. The maximum atomic E-state index is 11.3. The van der Waals surface area contributed by atoms with E-state index in [9.17, 15) is 4.79 Å². The molecule has 1 amide bonds. The molecule has 1 aromatic heterocycles. The fourth-order valence-electron chi connectivity index (χ4n) is 3.22. The van der Waals surface area contributed by atoms with Crippen LogP contribution in [0, 0.1) is 0 Å². The van der Waals surface area contributed by atoms with Crippen LogP contribution in [0.4, 0.5) is 5.69 Å². The summed E-state index contributed by atoms with van der Waals surface area (Å²) in [4.78, 5) is 16.0. The Bertz CT molecular complexity index is 662. The average Bonchev–Trinajstić information content (AvgIpc) is 3.17. The summed E-state index contributed by atoms with van der Waals surface area (Å²) in [6, 6.07) is 12.1. The zero-order valence-electron chi connectivity index (χ0n) is 14.8. The van der Waals surface area contributed by atoms with E-state index in [2.05, 4.69) is 27.2 Å². The van der Waals surface area contributed by atoms with Crippen molar-refractivity contribution in [3.8, 4) is 5.75 Å². The van der Waals surface area contributed by atoms with Crippen LogP contribution in [0.15, 0.2) is 47.1 Å². The number of rotatable bonds is 6. The highest BCUT2D eigenvalue weighted by molar-refractivity contribution is 5.72. The van der Waals surface area contributed by atoms with Crippen molar-refractivity contribution < 1.29 is 13.9 Å². The number of furan rings is 1. The smallest absolute Gasteiger partial charge is 0.216 e. The monoisotopic (exact) mass is 343 g/mol. The molecule has 0 unspecified atom stereocenters. The van der Waals surface area contributed by atoms with Crippen LogP contribution in [0.5, 0.6) is 5.75 Å². The number of nitrogens with one attached hydrogen (secondary N) is 1. The minimum absolute atomic E-state index is 0.0200. The lowest BCUT2D eigenvalue weighted by Crippen LogP contribution is -2.49. The quantitative estimate of drug-likeness (QED) is 0.872. The second-order valence-corrected chi connectivity index (χ2v) is 6.19. The van der Waals surface area contributed by atoms with Gasteiger partial charge in [0, 0.05) is 45.3 Å². The van der Waals surface area contributed by atoms with Gasteiger partial charge in [0.2, 0.25) is 5.91 Å². The van der Waals surface area contributed by atoms with Crippen molar-refractivity contribution in [2.45, 2.75) is 13.0 Å². The Kier molecular flexibility index (Phi) is 5.60. The third-order valence-electron chi connectivity index (χ3n) is 4.61. The molecule has 2 aromatic rings. The molecular weight excluding hydrogens is 318 g/mol. The van der Waals surface area contributed by atoms with Gasteiger partial charge in [-0.25, -0.2) is 0 Å². The van der Waals surface area contributed by atoms with E-state index in [1.807, 2.05) is 24.3 Å². The Hall–Kier alpha value is -2.47. The molecule has 3 rings (SSSR count). The minimum Gasteiger partial charge on any atom is -0.497 e. The number of benzene rings is 1. The highest BCUT2D eigenvalue weighted by Crippen LogP contribution is 2.25. The van der Waals surface area contributed by atoms with Gasteiger partial charge in [0.15, 0.2) is 0 Å². The van der Waals surface area contributed by atoms with Gasteiger partial charge in [-0.05, 0) is 36.4 Å². The van der Waals surface area contributed by atoms with E-state index in [-0.39, 0.29) is 11.9 Å². The van der Waals surface area contributed by atoms with Crippen molar-refractivity contribution in [2.75, 3.05) is 44.7 Å².